The fraction of sp³-hybridized carbons (Fsp3) is 0.154. The van der Waals surface area contributed by atoms with Gasteiger partial charge in [-0.05, 0) is 24.1 Å². The first-order chi connectivity index (χ1) is 16.5. The molecule has 3 N–H and O–H groups in total. The third-order valence-electron chi connectivity index (χ3n) is 5.61. The number of anilines is 1. The summed E-state index contributed by atoms with van der Waals surface area (Å²) in [7, 11) is 1.42. The summed E-state index contributed by atoms with van der Waals surface area (Å²) in [5.41, 5.74) is 9.34. The Morgan fingerprint density at radius 3 is 2.59 bits per heavy atom. The number of methoxy groups -OCH3 is 1. The van der Waals surface area contributed by atoms with E-state index in [1.807, 2.05) is 19.1 Å². The number of nitrogens with one attached hydrogen (secondary N) is 1. The number of nitriles is 1. The Morgan fingerprint density at radius 1 is 1.21 bits per heavy atom. The van der Waals surface area contributed by atoms with Crippen molar-refractivity contribution in [3.63, 3.8) is 0 Å². The van der Waals surface area contributed by atoms with Crippen molar-refractivity contribution in [3.05, 3.63) is 72.3 Å². The molecule has 0 aliphatic rings. The maximum absolute atomic E-state index is 14.1. The summed E-state index contributed by atoms with van der Waals surface area (Å²) in [5, 5.41) is 13.9. The van der Waals surface area contributed by atoms with E-state index in [2.05, 4.69) is 21.4 Å². The van der Waals surface area contributed by atoms with Crippen LogP contribution in [-0.2, 0) is 4.79 Å². The molecule has 2 heterocycles. The first-order valence-electron chi connectivity index (χ1n) is 10.7. The molecule has 0 saturated carbocycles. The van der Waals surface area contributed by atoms with Gasteiger partial charge in [-0.3, -0.25) is 9.78 Å². The number of para-hydroxylation sites is 1. The van der Waals surface area contributed by atoms with E-state index in [4.69, 9.17) is 10.5 Å². The van der Waals surface area contributed by atoms with Gasteiger partial charge in [-0.1, -0.05) is 43.3 Å². The van der Waals surface area contributed by atoms with Crippen molar-refractivity contribution in [1.82, 2.24) is 9.97 Å². The van der Waals surface area contributed by atoms with Crippen molar-refractivity contribution < 1.29 is 13.9 Å². The normalized spacial score (nSPS) is 11.6. The number of fused-ring (bicyclic) bond motifs is 1. The van der Waals surface area contributed by atoms with Crippen LogP contribution in [-0.4, -0.2) is 29.0 Å². The molecule has 1 amide bonds. The monoisotopic (exact) mass is 455 g/mol. The number of ether oxygens (including phenoxy) is 1. The molecular weight excluding hydrogens is 433 g/mol. The Kier molecular flexibility index (Phi) is 6.37. The second-order valence-corrected chi connectivity index (χ2v) is 7.62. The molecule has 0 fully saturated rings. The Hall–Kier alpha value is -4.51. The lowest BCUT2D eigenvalue weighted by atomic mass is 9.98. The SMILES string of the molecule is CC[C@@H](Nc1c(C#N)c(-c2ccc(-c3cccc(F)c3OC)cc2)nc2cnccc12)C(N)=O. The van der Waals surface area contributed by atoms with Crippen LogP contribution in [0.2, 0.25) is 0 Å². The van der Waals surface area contributed by atoms with E-state index in [1.165, 1.54) is 13.2 Å². The van der Waals surface area contributed by atoms with Gasteiger partial charge in [0, 0.05) is 22.7 Å². The van der Waals surface area contributed by atoms with Gasteiger partial charge in [0.2, 0.25) is 5.91 Å². The molecule has 0 saturated heterocycles. The highest BCUT2D eigenvalue weighted by Gasteiger charge is 2.21. The molecule has 0 unspecified atom stereocenters. The molecule has 0 aliphatic carbocycles. The van der Waals surface area contributed by atoms with Gasteiger partial charge in [0.05, 0.1) is 30.2 Å². The highest BCUT2D eigenvalue weighted by Crippen LogP contribution is 2.36. The lowest BCUT2D eigenvalue weighted by Crippen LogP contribution is -2.35. The topological polar surface area (TPSA) is 114 Å². The van der Waals surface area contributed by atoms with Crippen molar-refractivity contribution in [1.29, 1.82) is 5.26 Å². The number of benzene rings is 2. The van der Waals surface area contributed by atoms with Crippen molar-refractivity contribution in [2.75, 3.05) is 12.4 Å². The van der Waals surface area contributed by atoms with Gasteiger partial charge >= 0.3 is 0 Å². The molecule has 2 aromatic carbocycles. The number of halogens is 1. The third kappa shape index (κ3) is 4.11. The van der Waals surface area contributed by atoms with E-state index in [0.717, 1.165) is 5.56 Å². The number of pyridine rings is 2. The summed E-state index contributed by atoms with van der Waals surface area (Å²) in [4.78, 5) is 20.7. The zero-order valence-electron chi connectivity index (χ0n) is 18.7. The Morgan fingerprint density at radius 2 is 1.94 bits per heavy atom. The number of primary amides is 1. The molecule has 4 aromatic rings. The van der Waals surface area contributed by atoms with Crippen LogP contribution in [0.4, 0.5) is 10.1 Å². The second kappa shape index (κ2) is 9.55. The lowest BCUT2D eigenvalue weighted by molar-refractivity contribution is -0.118. The predicted octanol–water partition coefficient (Wildman–Crippen LogP) is 4.66. The van der Waals surface area contributed by atoms with Crippen LogP contribution >= 0.6 is 0 Å². The molecule has 0 bridgehead atoms. The highest BCUT2D eigenvalue weighted by molar-refractivity contribution is 5.99. The van der Waals surface area contributed by atoms with Gasteiger partial charge in [0.1, 0.15) is 17.7 Å². The quantitative estimate of drug-likeness (QED) is 0.419. The minimum atomic E-state index is -0.651. The maximum Gasteiger partial charge on any atom is 0.239 e. The zero-order valence-corrected chi connectivity index (χ0v) is 18.7. The largest absolute Gasteiger partial charge is 0.493 e. The van der Waals surface area contributed by atoms with Gasteiger partial charge in [0.25, 0.3) is 0 Å². The molecule has 170 valence electrons. The molecule has 4 rings (SSSR count). The van der Waals surface area contributed by atoms with Crippen molar-refractivity contribution in [2.24, 2.45) is 5.73 Å². The van der Waals surface area contributed by atoms with Gasteiger partial charge in [-0.25, -0.2) is 9.37 Å². The minimum absolute atomic E-state index is 0.159. The van der Waals surface area contributed by atoms with Gasteiger partial charge in [0.15, 0.2) is 11.6 Å². The number of nitrogens with zero attached hydrogens (tertiary/aromatic N) is 3. The summed E-state index contributed by atoms with van der Waals surface area (Å²) in [6.07, 6.45) is 3.65. The molecular formula is C26H22FN5O2. The summed E-state index contributed by atoms with van der Waals surface area (Å²) < 4.78 is 19.4. The third-order valence-corrected chi connectivity index (χ3v) is 5.61. The van der Waals surface area contributed by atoms with Crippen LogP contribution in [0.5, 0.6) is 5.75 Å². The number of rotatable bonds is 7. The fourth-order valence-electron chi connectivity index (χ4n) is 3.88. The van der Waals surface area contributed by atoms with Crippen molar-refractivity contribution in [2.45, 2.75) is 19.4 Å². The Labute approximate surface area is 196 Å². The summed E-state index contributed by atoms with van der Waals surface area (Å²) in [6.45, 7) is 1.83. The first-order valence-corrected chi connectivity index (χ1v) is 10.7. The van der Waals surface area contributed by atoms with Crippen LogP contribution in [0.3, 0.4) is 0 Å². The molecule has 0 aliphatic heterocycles. The first kappa shape index (κ1) is 22.7. The maximum atomic E-state index is 14.1. The van der Waals surface area contributed by atoms with Crippen LogP contribution in [0.1, 0.15) is 18.9 Å². The molecule has 7 nitrogen and oxygen atoms in total. The fourth-order valence-corrected chi connectivity index (χ4v) is 3.88. The van der Waals surface area contributed by atoms with Crippen LogP contribution < -0.4 is 15.8 Å². The van der Waals surface area contributed by atoms with E-state index < -0.39 is 17.8 Å². The number of carbonyl (C=O) groups is 1. The molecule has 34 heavy (non-hydrogen) atoms. The molecule has 0 radical (unpaired) electrons. The van der Waals surface area contributed by atoms with Crippen LogP contribution in [0.25, 0.3) is 33.3 Å². The van der Waals surface area contributed by atoms with Gasteiger partial charge in [-0.2, -0.15) is 5.26 Å². The van der Waals surface area contributed by atoms with E-state index in [1.54, 1.807) is 42.7 Å². The number of hydrogen-bond donors (Lipinski definition) is 2. The highest BCUT2D eigenvalue weighted by atomic mass is 19.1. The standard InChI is InChI=1S/C26H22FN5O2/c1-3-21(26(29)33)31-24-18-11-12-30-14-22(18)32-23(19(24)13-28)16-9-7-15(8-10-16)17-5-4-6-20(27)25(17)34-2/h4-12,14,21H,3H2,1-2H3,(H2,29,33)(H,31,32)/t21-/m1/s1. The Balaban J connectivity index is 1.86. The average molecular weight is 455 g/mol. The summed E-state index contributed by atoms with van der Waals surface area (Å²) in [5.74, 6) is -0.804. The van der Waals surface area contributed by atoms with E-state index in [9.17, 15) is 14.4 Å². The molecule has 0 spiro atoms. The Bertz CT molecular complexity index is 1410. The zero-order chi connectivity index (χ0) is 24.2. The second-order valence-electron chi connectivity index (χ2n) is 7.62. The van der Waals surface area contributed by atoms with Crippen LogP contribution in [0, 0.1) is 17.1 Å². The number of amides is 1. The smallest absolute Gasteiger partial charge is 0.239 e. The number of nitrogens with two attached hydrogens (primary N) is 1. The summed E-state index contributed by atoms with van der Waals surface area (Å²) in [6, 6.07) is 15.3. The summed E-state index contributed by atoms with van der Waals surface area (Å²) >= 11 is 0. The van der Waals surface area contributed by atoms with Crippen LogP contribution in [0.15, 0.2) is 60.9 Å². The van der Waals surface area contributed by atoms with E-state index >= 15 is 0 Å². The minimum Gasteiger partial charge on any atom is -0.493 e. The van der Waals surface area contributed by atoms with Crippen molar-refractivity contribution >= 4 is 22.5 Å². The predicted molar refractivity (Wildman–Crippen MR) is 129 cm³/mol. The van der Waals surface area contributed by atoms with Gasteiger partial charge in [-0.15, -0.1) is 0 Å². The molecule has 8 heteroatoms. The molecule has 1 atom stereocenters. The molecule has 2 aromatic heterocycles. The number of hydrogen-bond acceptors (Lipinski definition) is 6. The van der Waals surface area contributed by atoms with E-state index in [0.29, 0.717) is 39.8 Å². The lowest BCUT2D eigenvalue weighted by Gasteiger charge is -2.19. The van der Waals surface area contributed by atoms with Crippen molar-refractivity contribution in [3.8, 4) is 34.2 Å². The van der Waals surface area contributed by atoms with Gasteiger partial charge < -0.3 is 15.8 Å². The van der Waals surface area contributed by atoms with E-state index in [-0.39, 0.29) is 11.3 Å². The number of carbonyl (C=O) groups excluding carboxylic acids is 1. The number of aromatic nitrogens is 2. The average Bonchev–Trinajstić information content (AvgIpc) is 2.86.